The zero-order valence-corrected chi connectivity index (χ0v) is 8.58. The molecule has 0 saturated heterocycles. The quantitative estimate of drug-likeness (QED) is 0.567. The molecule has 0 aliphatic heterocycles. The van der Waals surface area contributed by atoms with Crippen LogP contribution >= 0.6 is 0 Å². The van der Waals surface area contributed by atoms with E-state index < -0.39 is 0 Å². The van der Waals surface area contributed by atoms with E-state index in [9.17, 15) is 0 Å². The zero-order valence-electron chi connectivity index (χ0n) is 7.42. The van der Waals surface area contributed by atoms with Crippen LogP contribution in [0.25, 0.3) is 0 Å². The molecule has 0 aliphatic carbocycles. The molecule has 0 saturated carbocycles. The highest BCUT2D eigenvalue weighted by Crippen LogP contribution is 2.14. The molecule has 0 aliphatic rings. The van der Waals surface area contributed by atoms with Gasteiger partial charge in [0.25, 0.3) is 0 Å². The van der Waals surface area contributed by atoms with Gasteiger partial charge in [-0.05, 0) is 18.3 Å². The van der Waals surface area contributed by atoms with Gasteiger partial charge in [-0.3, -0.25) is 0 Å². The molecule has 2 radical (unpaired) electrons. The third-order valence-electron chi connectivity index (χ3n) is 1.62. The van der Waals surface area contributed by atoms with Gasteiger partial charge in [-0.2, -0.15) is 0 Å². The van der Waals surface area contributed by atoms with E-state index in [2.05, 4.69) is 44.3 Å². The second-order valence-corrected chi connectivity index (χ2v) is 3.82. The van der Waals surface area contributed by atoms with E-state index in [1.165, 1.54) is 0 Å². The summed E-state index contributed by atoms with van der Waals surface area (Å²) in [5.74, 6) is 1.35. The van der Waals surface area contributed by atoms with Crippen molar-refractivity contribution in [1.29, 1.82) is 0 Å². The predicted molar refractivity (Wildman–Crippen MR) is 44.9 cm³/mol. The van der Waals surface area contributed by atoms with Crippen molar-refractivity contribution in [3.8, 4) is 0 Å². The van der Waals surface area contributed by atoms with Crippen molar-refractivity contribution in [3.05, 3.63) is 0 Å². The summed E-state index contributed by atoms with van der Waals surface area (Å²) in [4.78, 5) is 0. The van der Waals surface area contributed by atoms with Crippen molar-refractivity contribution in [2.24, 2.45) is 11.8 Å². The van der Waals surface area contributed by atoms with Gasteiger partial charge in [0.1, 0.15) is 0 Å². The van der Waals surface area contributed by atoms with Gasteiger partial charge in [-0.15, -0.1) is 0 Å². The average Bonchev–Trinajstić information content (AvgIpc) is 1.81. The lowest BCUT2D eigenvalue weighted by molar-refractivity contribution is 0.140. The first-order valence-electron chi connectivity index (χ1n) is 3.93. The number of hydrogen-bond acceptors (Lipinski definition) is 1. The first kappa shape index (κ1) is 10.5. The fourth-order valence-corrected chi connectivity index (χ4v) is 1.37. The molecule has 0 amide bonds. The Morgan fingerprint density at radius 2 is 1.70 bits per heavy atom. The summed E-state index contributed by atoms with van der Waals surface area (Å²) in [5, 5.41) is 0. The molecule has 1 nitrogen and oxygen atoms in total. The summed E-state index contributed by atoms with van der Waals surface area (Å²) in [6.07, 6.45) is 1.56. The Hall–Kier alpha value is 0.492. The van der Waals surface area contributed by atoms with Gasteiger partial charge in [0.2, 0.25) is 0 Å². The Morgan fingerprint density at radius 1 is 1.20 bits per heavy atom. The van der Waals surface area contributed by atoms with Gasteiger partial charge in [0.15, 0.2) is 0 Å². The van der Waals surface area contributed by atoms with E-state index in [4.69, 9.17) is 3.79 Å². The molecule has 0 aromatic heterocycles. The van der Waals surface area contributed by atoms with Crippen LogP contribution in [-0.2, 0) is 3.79 Å². The highest BCUT2D eigenvalue weighted by atomic mass is 27.1. The van der Waals surface area contributed by atoms with E-state index in [0.717, 1.165) is 12.3 Å². The fraction of sp³-hybridized carbons (Fsp3) is 1.00. The van der Waals surface area contributed by atoms with Gasteiger partial charge in [0.05, 0.1) is 0 Å². The third kappa shape index (κ3) is 4.33. The molecule has 2 heteroatoms. The average molecular weight is 156 g/mol. The molecule has 1 unspecified atom stereocenters. The maximum atomic E-state index is 5.24. The monoisotopic (exact) mass is 156 g/mol. The molecule has 1 atom stereocenters. The van der Waals surface area contributed by atoms with E-state index in [1.807, 2.05) is 0 Å². The maximum Gasteiger partial charge on any atom is 0.369 e. The second kappa shape index (κ2) is 5.18. The van der Waals surface area contributed by atoms with Crippen molar-refractivity contribution in [2.75, 3.05) is 0 Å². The van der Waals surface area contributed by atoms with Crippen molar-refractivity contribution < 1.29 is 3.79 Å². The van der Waals surface area contributed by atoms with E-state index in [1.54, 1.807) is 0 Å². The molecule has 0 aromatic rings. The van der Waals surface area contributed by atoms with E-state index >= 15 is 0 Å². The van der Waals surface area contributed by atoms with Crippen LogP contribution < -0.4 is 0 Å². The molecule has 0 bridgehead atoms. The molecule has 0 heterocycles. The summed E-state index contributed by atoms with van der Waals surface area (Å²) < 4.78 is 5.24. The summed E-state index contributed by atoms with van der Waals surface area (Å²) in [6.45, 7) is 8.83. The van der Waals surface area contributed by atoms with Crippen LogP contribution in [0.5, 0.6) is 0 Å². The minimum Gasteiger partial charge on any atom is -0.514 e. The molecule has 10 heavy (non-hydrogen) atoms. The van der Waals surface area contributed by atoms with Gasteiger partial charge in [-0.1, -0.05) is 27.7 Å². The second-order valence-electron chi connectivity index (χ2n) is 3.55. The van der Waals surface area contributed by atoms with Crippen LogP contribution in [0.3, 0.4) is 0 Å². The number of hydrogen-bond donors (Lipinski definition) is 0. The minimum absolute atomic E-state index is 0.407. The molecule has 0 spiro atoms. The van der Waals surface area contributed by atoms with Crippen LogP contribution in [0.15, 0.2) is 0 Å². The van der Waals surface area contributed by atoms with Crippen LogP contribution in [0.2, 0.25) is 0 Å². The van der Waals surface area contributed by atoms with Crippen molar-refractivity contribution >= 4 is 16.6 Å². The van der Waals surface area contributed by atoms with Crippen LogP contribution in [0.1, 0.15) is 34.1 Å². The minimum atomic E-state index is 0.407. The highest BCUT2D eigenvalue weighted by molar-refractivity contribution is 5.98. The SMILES string of the molecule is CC(C)CC([O][Al])C(C)C. The van der Waals surface area contributed by atoms with Crippen LogP contribution in [0.4, 0.5) is 0 Å². The first-order chi connectivity index (χ1) is 4.57. The fourth-order valence-electron chi connectivity index (χ4n) is 0.949. The molecule has 0 fully saturated rings. The van der Waals surface area contributed by atoms with Crippen molar-refractivity contribution in [3.63, 3.8) is 0 Å². The predicted octanol–water partition coefficient (Wildman–Crippen LogP) is 2.16. The topological polar surface area (TPSA) is 9.23 Å². The van der Waals surface area contributed by atoms with Gasteiger partial charge in [0, 0.05) is 6.10 Å². The molecule has 0 aromatic carbocycles. The van der Waals surface area contributed by atoms with Crippen molar-refractivity contribution in [1.82, 2.24) is 0 Å². The molecular weight excluding hydrogens is 139 g/mol. The lowest BCUT2D eigenvalue weighted by Crippen LogP contribution is -2.20. The van der Waals surface area contributed by atoms with Crippen molar-refractivity contribution in [2.45, 2.75) is 40.2 Å². The first-order valence-corrected chi connectivity index (χ1v) is 4.40. The smallest absolute Gasteiger partial charge is 0.369 e. The Labute approximate surface area is 72.9 Å². The van der Waals surface area contributed by atoms with Gasteiger partial charge >= 0.3 is 16.6 Å². The Balaban J connectivity index is 3.60. The van der Waals surface area contributed by atoms with Crippen LogP contribution in [0, 0.1) is 11.8 Å². The summed E-state index contributed by atoms with van der Waals surface area (Å²) >= 11 is 2.35. The Kier molecular flexibility index (Phi) is 5.44. The summed E-state index contributed by atoms with van der Waals surface area (Å²) in [7, 11) is 0. The third-order valence-corrected chi connectivity index (χ3v) is 1.97. The van der Waals surface area contributed by atoms with Gasteiger partial charge in [-0.25, -0.2) is 0 Å². The number of rotatable bonds is 4. The molecule has 0 rings (SSSR count). The summed E-state index contributed by atoms with van der Waals surface area (Å²) in [5.41, 5.74) is 0. The largest absolute Gasteiger partial charge is 0.514 e. The van der Waals surface area contributed by atoms with Gasteiger partial charge < -0.3 is 3.79 Å². The standard InChI is InChI=1S/C8H17O.Al/c1-6(2)5-8(9)7(3)4;/h6-8H,5H2,1-4H3;/q-1;+1. The Morgan fingerprint density at radius 3 is 1.80 bits per heavy atom. The van der Waals surface area contributed by atoms with Crippen LogP contribution in [-0.4, -0.2) is 22.7 Å². The van der Waals surface area contributed by atoms with E-state index in [-0.39, 0.29) is 0 Å². The molecule has 58 valence electrons. The normalized spacial score (nSPS) is 14.6. The molecular formula is C8H17AlO. The zero-order chi connectivity index (χ0) is 8.15. The molecule has 0 N–H and O–H groups in total. The maximum absolute atomic E-state index is 5.24. The lowest BCUT2D eigenvalue weighted by Gasteiger charge is -2.22. The van der Waals surface area contributed by atoms with E-state index in [0.29, 0.717) is 12.0 Å². The Bertz CT molecular complexity index is 81.3. The highest BCUT2D eigenvalue weighted by Gasteiger charge is 2.11. The lowest BCUT2D eigenvalue weighted by atomic mass is 9.98. The summed E-state index contributed by atoms with van der Waals surface area (Å²) in [6, 6.07) is 0.